The van der Waals surface area contributed by atoms with Crippen molar-refractivity contribution in [2.75, 3.05) is 26.2 Å². The number of nitrogens with zero attached hydrogens (tertiary/aromatic N) is 8. The molecule has 5 heterocycles. The molecule has 0 N–H and O–H groups in total. The SMILES string of the molecule is CC(C)(C)OC(=O)n1cnc2c(Cn3cc(C(=O)N4CC(c5nnc(C(F)(F)c6ccc(Cl)c(Cl)c6)o5)C5(C4)CN(C(=O)C4(C(F)(F)F)CC4)C5)cn3)cccc21. The molecule has 1 atom stereocenters. The number of alkyl halides is 5. The summed E-state index contributed by atoms with van der Waals surface area (Å²) in [5.74, 6) is -7.61. The molecular weight excluding hydrogens is 802 g/mol. The lowest BCUT2D eigenvalue weighted by Crippen LogP contribution is -2.64. The molecule has 300 valence electrons. The minimum atomic E-state index is -4.73. The van der Waals surface area contributed by atoms with Gasteiger partial charge in [0.15, 0.2) is 0 Å². The highest BCUT2D eigenvalue weighted by Gasteiger charge is 2.71. The fourth-order valence-electron chi connectivity index (χ4n) is 7.61. The van der Waals surface area contributed by atoms with Crippen molar-refractivity contribution >= 4 is 52.1 Å². The molecule has 1 spiro atoms. The van der Waals surface area contributed by atoms with E-state index < -0.39 is 63.8 Å². The highest BCUT2D eigenvalue weighted by molar-refractivity contribution is 6.42. The number of fused-ring (bicyclic) bond motifs is 1. The first-order valence-corrected chi connectivity index (χ1v) is 18.5. The van der Waals surface area contributed by atoms with Crippen molar-refractivity contribution in [3.05, 3.63) is 93.6 Å². The van der Waals surface area contributed by atoms with Gasteiger partial charge in [-0.25, -0.2) is 14.3 Å². The molecular formula is C37H33Cl2F5N8O5. The Morgan fingerprint density at radius 1 is 0.965 bits per heavy atom. The Labute approximate surface area is 330 Å². The van der Waals surface area contributed by atoms with Crippen LogP contribution in [0.2, 0.25) is 10.0 Å². The van der Waals surface area contributed by atoms with Crippen LogP contribution in [-0.4, -0.2) is 95.2 Å². The molecule has 5 aromatic rings. The van der Waals surface area contributed by atoms with Crippen molar-refractivity contribution in [2.45, 2.75) is 63.8 Å². The number of para-hydroxylation sites is 1. The second kappa shape index (κ2) is 13.2. The predicted octanol–water partition coefficient (Wildman–Crippen LogP) is 7.30. The first-order valence-electron chi connectivity index (χ1n) is 17.7. The third-order valence-electron chi connectivity index (χ3n) is 10.7. The Hall–Kier alpha value is -5.10. The summed E-state index contributed by atoms with van der Waals surface area (Å²) in [4.78, 5) is 46.9. The zero-order valence-electron chi connectivity index (χ0n) is 30.5. The van der Waals surface area contributed by atoms with E-state index in [1.165, 1.54) is 38.9 Å². The standard InChI is InChI=1S/C37H33Cl2F5N8O5/c1-33(2,3)57-32(55)52-19-45-27-20(5-4-6-26(27)52)13-51-14-21(12-46-51)29(53)49-15-23(34(16-49)17-50(18-34)31(54)35(9-10-35)37(42,43)44)28-47-48-30(56-28)36(40,41)22-7-8-24(38)25(39)11-22/h4-8,11-12,14,19,23H,9-10,13,15-18H2,1-3H3. The third kappa shape index (κ3) is 6.69. The molecule has 57 heavy (non-hydrogen) atoms. The van der Waals surface area contributed by atoms with Crippen LogP contribution >= 0.6 is 23.2 Å². The van der Waals surface area contributed by atoms with Gasteiger partial charge < -0.3 is 19.0 Å². The van der Waals surface area contributed by atoms with Gasteiger partial charge in [0, 0.05) is 48.9 Å². The molecule has 0 radical (unpaired) electrons. The molecule has 1 saturated carbocycles. The van der Waals surface area contributed by atoms with Crippen LogP contribution in [0.25, 0.3) is 11.0 Å². The van der Waals surface area contributed by atoms with Gasteiger partial charge in [-0.2, -0.15) is 27.1 Å². The number of hydrogen-bond acceptors (Lipinski definition) is 9. The second-order valence-corrected chi connectivity index (χ2v) is 16.6. The average molecular weight is 836 g/mol. The van der Waals surface area contributed by atoms with Crippen LogP contribution in [0, 0.1) is 10.8 Å². The van der Waals surface area contributed by atoms with Crippen LogP contribution in [0.5, 0.6) is 0 Å². The number of ether oxygens (including phenoxy) is 1. The summed E-state index contributed by atoms with van der Waals surface area (Å²) in [5, 5.41) is 11.8. The summed E-state index contributed by atoms with van der Waals surface area (Å²) >= 11 is 11.9. The molecule has 13 nitrogen and oxygen atoms in total. The van der Waals surface area contributed by atoms with Crippen LogP contribution in [0.3, 0.4) is 0 Å². The quantitative estimate of drug-likeness (QED) is 0.155. The lowest BCUT2D eigenvalue weighted by Gasteiger charge is -2.51. The van der Waals surface area contributed by atoms with Crippen LogP contribution in [0.4, 0.5) is 26.7 Å². The van der Waals surface area contributed by atoms with Gasteiger partial charge in [-0.15, -0.1) is 10.2 Å². The lowest BCUT2D eigenvalue weighted by atomic mass is 9.71. The molecule has 0 bridgehead atoms. The number of aromatic nitrogens is 6. The Morgan fingerprint density at radius 3 is 2.35 bits per heavy atom. The lowest BCUT2D eigenvalue weighted by molar-refractivity contribution is -0.204. The molecule has 1 unspecified atom stereocenters. The number of carbonyl (C=O) groups is 3. The Bertz CT molecular complexity index is 2430. The topological polar surface area (TPSA) is 141 Å². The van der Waals surface area contributed by atoms with Gasteiger partial charge in [0.05, 0.1) is 45.3 Å². The predicted molar refractivity (Wildman–Crippen MR) is 192 cm³/mol. The van der Waals surface area contributed by atoms with Gasteiger partial charge in [-0.3, -0.25) is 14.3 Å². The number of carbonyl (C=O) groups excluding carboxylic acids is 3. The second-order valence-electron chi connectivity index (χ2n) is 15.8. The summed E-state index contributed by atoms with van der Waals surface area (Å²) in [6.07, 6.45) is -1.76. The van der Waals surface area contributed by atoms with Crippen LogP contribution in [0.1, 0.15) is 72.8 Å². The number of halogens is 7. The summed E-state index contributed by atoms with van der Waals surface area (Å²) < 4.78 is 86.8. The van der Waals surface area contributed by atoms with E-state index in [0.717, 1.165) is 17.0 Å². The van der Waals surface area contributed by atoms with Crippen molar-refractivity contribution in [3.63, 3.8) is 0 Å². The molecule has 1 aliphatic carbocycles. The molecule has 3 aliphatic rings. The summed E-state index contributed by atoms with van der Waals surface area (Å²) in [6.45, 7) is 4.85. The first-order chi connectivity index (χ1) is 26.7. The summed E-state index contributed by atoms with van der Waals surface area (Å²) in [6, 6.07) is 8.47. The number of amides is 2. The van der Waals surface area contributed by atoms with Crippen LogP contribution < -0.4 is 0 Å². The van der Waals surface area contributed by atoms with Crippen molar-refractivity contribution in [2.24, 2.45) is 10.8 Å². The van der Waals surface area contributed by atoms with Crippen molar-refractivity contribution in [1.29, 1.82) is 0 Å². The molecule has 3 aromatic heterocycles. The van der Waals surface area contributed by atoms with Crippen molar-refractivity contribution < 1.29 is 45.5 Å². The Morgan fingerprint density at radius 2 is 1.68 bits per heavy atom. The van der Waals surface area contributed by atoms with Crippen LogP contribution in [0.15, 0.2) is 59.5 Å². The minimum absolute atomic E-state index is 0.0488. The number of likely N-dealkylation sites (tertiary alicyclic amines) is 2. The maximum Gasteiger partial charge on any atom is 0.420 e. The van der Waals surface area contributed by atoms with Gasteiger partial charge in [0.25, 0.3) is 11.8 Å². The molecule has 2 amide bonds. The highest BCUT2D eigenvalue weighted by atomic mass is 35.5. The average Bonchev–Trinajstić information content (AvgIpc) is 3.52. The maximum absolute atomic E-state index is 15.6. The van der Waals surface area contributed by atoms with E-state index in [0.29, 0.717) is 16.6 Å². The smallest absolute Gasteiger partial charge is 0.420 e. The Balaban J connectivity index is 1.04. The molecule has 3 fully saturated rings. The fraction of sp³-hybridized carbons (Fsp3) is 0.432. The molecule has 2 saturated heterocycles. The van der Waals surface area contributed by atoms with E-state index in [-0.39, 0.29) is 67.1 Å². The molecule has 20 heteroatoms. The largest absolute Gasteiger partial charge is 0.443 e. The zero-order valence-corrected chi connectivity index (χ0v) is 32.0. The van der Waals surface area contributed by atoms with E-state index in [2.05, 4.69) is 20.3 Å². The van der Waals surface area contributed by atoms with E-state index in [1.807, 2.05) is 0 Å². The molecule has 8 rings (SSSR count). The van der Waals surface area contributed by atoms with Crippen molar-refractivity contribution in [1.82, 2.24) is 39.3 Å². The number of benzene rings is 2. The first kappa shape index (κ1) is 38.8. The fourth-order valence-corrected chi connectivity index (χ4v) is 7.90. The highest BCUT2D eigenvalue weighted by Crippen LogP contribution is 2.60. The van der Waals surface area contributed by atoms with E-state index in [4.69, 9.17) is 32.4 Å². The van der Waals surface area contributed by atoms with E-state index >= 15 is 8.78 Å². The number of hydrogen-bond donors (Lipinski definition) is 0. The number of rotatable bonds is 7. The summed E-state index contributed by atoms with van der Waals surface area (Å²) in [5.41, 5.74) is -2.95. The Kier molecular flexibility index (Phi) is 8.99. The maximum atomic E-state index is 15.6. The van der Waals surface area contributed by atoms with Gasteiger partial charge in [-0.05, 0) is 51.8 Å². The molecule has 2 aliphatic heterocycles. The summed E-state index contributed by atoms with van der Waals surface area (Å²) in [7, 11) is 0. The van der Waals surface area contributed by atoms with E-state index in [1.54, 1.807) is 39.0 Å². The monoisotopic (exact) mass is 834 g/mol. The normalized spacial score (nSPS) is 18.9. The zero-order chi connectivity index (χ0) is 40.9. The van der Waals surface area contributed by atoms with E-state index in [9.17, 15) is 27.6 Å². The minimum Gasteiger partial charge on any atom is -0.443 e. The van der Waals surface area contributed by atoms with Crippen molar-refractivity contribution in [3.8, 4) is 0 Å². The third-order valence-corrected chi connectivity index (χ3v) is 11.4. The van der Waals surface area contributed by atoms with Gasteiger partial charge in [0.1, 0.15) is 17.3 Å². The molecule has 2 aromatic carbocycles. The van der Waals surface area contributed by atoms with Crippen LogP contribution in [-0.2, 0) is 22.0 Å². The number of imidazole rings is 1. The van der Waals surface area contributed by atoms with Gasteiger partial charge in [-0.1, -0.05) is 41.4 Å². The van der Waals surface area contributed by atoms with Gasteiger partial charge >= 0.3 is 18.2 Å². The van der Waals surface area contributed by atoms with Gasteiger partial charge in [0.2, 0.25) is 11.8 Å².